The Bertz CT molecular complexity index is 510. The van der Waals surface area contributed by atoms with Crippen LogP contribution in [-0.2, 0) is 6.54 Å². The lowest BCUT2D eigenvalue weighted by Gasteiger charge is -2.01. The van der Waals surface area contributed by atoms with Gasteiger partial charge in [-0.15, -0.1) is 0 Å². The zero-order chi connectivity index (χ0) is 10.1. The summed E-state index contributed by atoms with van der Waals surface area (Å²) in [6.07, 6.45) is 0. The maximum atomic E-state index is 5.53. The number of H-pyrrole nitrogens is 1. The van der Waals surface area contributed by atoms with Crippen molar-refractivity contribution in [3.8, 4) is 0 Å². The molecule has 0 amide bonds. The van der Waals surface area contributed by atoms with Gasteiger partial charge in [0.15, 0.2) is 4.77 Å². The third-order valence-corrected chi connectivity index (χ3v) is 2.60. The second-order valence-electron chi connectivity index (χ2n) is 3.39. The number of nitrogens with zero attached hydrogens (tertiary/aromatic N) is 1. The van der Waals surface area contributed by atoms with E-state index in [1.165, 1.54) is 5.56 Å². The van der Waals surface area contributed by atoms with Gasteiger partial charge in [-0.2, -0.15) is 0 Å². The number of aromatic amines is 1. The molecule has 0 unspecified atom stereocenters. The largest absolute Gasteiger partial charge is 0.331 e. The van der Waals surface area contributed by atoms with E-state index in [9.17, 15) is 0 Å². The molecule has 0 aliphatic carbocycles. The molecule has 3 nitrogen and oxygen atoms in total. The average Bonchev–Trinajstić information content (AvgIpc) is 2.43. The molecular formula is C10H13N3S. The van der Waals surface area contributed by atoms with Crippen LogP contribution in [0.5, 0.6) is 0 Å². The first-order valence-corrected chi connectivity index (χ1v) is 5.02. The molecule has 74 valence electrons. The summed E-state index contributed by atoms with van der Waals surface area (Å²) in [5.74, 6) is 0. The van der Waals surface area contributed by atoms with Gasteiger partial charge in [0.1, 0.15) is 0 Å². The number of aryl methyl sites for hydroxylation is 1. The Balaban J connectivity index is 2.71. The number of benzene rings is 1. The van der Waals surface area contributed by atoms with Crippen LogP contribution in [0, 0.1) is 11.7 Å². The van der Waals surface area contributed by atoms with Gasteiger partial charge in [-0.3, -0.25) is 0 Å². The summed E-state index contributed by atoms with van der Waals surface area (Å²) >= 11 is 5.21. The molecule has 0 saturated heterocycles. The monoisotopic (exact) mass is 207 g/mol. The van der Waals surface area contributed by atoms with Gasteiger partial charge < -0.3 is 15.3 Å². The molecular weight excluding hydrogens is 194 g/mol. The first kappa shape index (κ1) is 9.43. The van der Waals surface area contributed by atoms with Crippen LogP contribution in [0.1, 0.15) is 5.56 Å². The quantitative estimate of drug-likeness (QED) is 0.740. The van der Waals surface area contributed by atoms with E-state index >= 15 is 0 Å². The molecule has 1 heterocycles. The second-order valence-corrected chi connectivity index (χ2v) is 3.78. The molecule has 0 aliphatic heterocycles. The van der Waals surface area contributed by atoms with Crippen LogP contribution in [-0.4, -0.2) is 16.1 Å². The van der Waals surface area contributed by atoms with Gasteiger partial charge in [-0.1, -0.05) is 6.07 Å². The van der Waals surface area contributed by atoms with Gasteiger partial charge in [0, 0.05) is 13.1 Å². The molecule has 0 spiro atoms. The van der Waals surface area contributed by atoms with Crippen LogP contribution in [0.15, 0.2) is 18.2 Å². The van der Waals surface area contributed by atoms with Gasteiger partial charge in [0.25, 0.3) is 0 Å². The Hall–Kier alpha value is -1.13. The zero-order valence-electron chi connectivity index (χ0n) is 8.08. The highest BCUT2D eigenvalue weighted by Gasteiger charge is 2.02. The predicted octanol–water partition coefficient (Wildman–Crippen LogP) is 1.97. The molecule has 1 aromatic heterocycles. The van der Waals surface area contributed by atoms with Crippen LogP contribution < -0.4 is 5.73 Å². The van der Waals surface area contributed by atoms with E-state index in [0.717, 1.165) is 22.3 Å². The van der Waals surface area contributed by atoms with Crippen molar-refractivity contribution in [1.82, 2.24) is 9.55 Å². The summed E-state index contributed by atoms with van der Waals surface area (Å²) in [6, 6.07) is 6.25. The number of rotatable bonds is 2. The summed E-state index contributed by atoms with van der Waals surface area (Å²) in [6.45, 7) is 3.44. The van der Waals surface area contributed by atoms with Crippen molar-refractivity contribution in [2.24, 2.45) is 5.73 Å². The molecule has 0 radical (unpaired) electrons. The van der Waals surface area contributed by atoms with E-state index in [-0.39, 0.29) is 0 Å². The summed E-state index contributed by atoms with van der Waals surface area (Å²) in [7, 11) is 0. The fraction of sp³-hybridized carbons (Fsp3) is 0.300. The van der Waals surface area contributed by atoms with E-state index in [4.69, 9.17) is 18.0 Å². The second kappa shape index (κ2) is 3.55. The van der Waals surface area contributed by atoms with Gasteiger partial charge >= 0.3 is 0 Å². The van der Waals surface area contributed by atoms with Crippen LogP contribution in [0.3, 0.4) is 0 Å². The van der Waals surface area contributed by atoms with Crippen molar-refractivity contribution in [3.05, 3.63) is 28.5 Å². The number of fused-ring (bicyclic) bond motifs is 1. The average molecular weight is 207 g/mol. The Kier molecular flexibility index (Phi) is 2.39. The predicted molar refractivity (Wildman–Crippen MR) is 60.9 cm³/mol. The Labute approximate surface area is 87.5 Å². The molecule has 2 aromatic rings. The fourth-order valence-corrected chi connectivity index (χ4v) is 1.93. The van der Waals surface area contributed by atoms with Crippen molar-refractivity contribution in [1.29, 1.82) is 0 Å². The minimum atomic E-state index is 0.606. The molecule has 3 N–H and O–H groups in total. The maximum Gasteiger partial charge on any atom is 0.178 e. The minimum absolute atomic E-state index is 0.606. The van der Waals surface area contributed by atoms with E-state index in [1.54, 1.807) is 0 Å². The van der Waals surface area contributed by atoms with Crippen molar-refractivity contribution in [3.63, 3.8) is 0 Å². The highest BCUT2D eigenvalue weighted by atomic mass is 32.1. The van der Waals surface area contributed by atoms with Crippen molar-refractivity contribution in [2.75, 3.05) is 6.54 Å². The topological polar surface area (TPSA) is 46.7 Å². The molecule has 0 bridgehead atoms. The highest BCUT2D eigenvalue weighted by Crippen LogP contribution is 2.15. The lowest BCUT2D eigenvalue weighted by Crippen LogP contribution is -2.09. The van der Waals surface area contributed by atoms with E-state index < -0.39 is 0 Å². The van der Waals surface area contributed by atoms with Gasteiger partial charge in [0.05, 0.1) is 11.0 Å². The van der Waals surface area contributed by atoms with Crippen LogP contribution in [0.2, 0.25) is 0 Å². The highest BCUT2D eigenvalue weighted by molar-refractivity contribution is 7.71. The van der Waals surface area contributed by atoms with E-state index in [0.29, 0.717) is 6.54 Å². The number of hydrogen-bond acceptors (Lipinski definition) is 2. The molecule has 2 rings (SSSR count). The Morgan fingerprint density at radius 2 is 2.29 bits per heavy atom. The fourth-order valence-electron chi connectivity index (χ4n) is 1.63. The third-order valence-electron chi connectivity index (χ3n) is 2.28. The van der Waals surface area contributed by atoms with Gasteiger partial charge in [-0.25, -0.2) is 0 Å². The summed E-state index contributed by atoms with van der Waals surface area (Å²) in [5, 5.41) is 0. The summed E-state index contributed by atoms with van der Waals surface area (Å²) in [5.41, 5.74) is 8.98. The van der Waals surface area contributed by atoms with Crippen LogP contribution >= 0.6 is 12.2 Å². The van der Waals surface area contributed by atoms with Gasteiger partial charge in [0.2, 0.25) is 0 Å². The van der Waals surface area contributed by atoms with Crippen LogP contribution in [0.4, 0.5) is 0 Å². The third kappa shape index (κ3) is 1.47. The van der Waals surface area contributed by atoms with Crippen molar-refractivity contribution >= 4 is 23.3 Å². The summed E-state index contributed by atoms with van der Waals surface area (Å²) in [4.78, 5) is 3.17. The summed E-state index contributed by atoms with van der Waals surface area (Å²) < 4.78 is 2.78. The number of imidazole rings is 1. The van der Waals surface area contributed by atoms with E-state index in [1.807, 2.05) is 4.57 Å². The smallest absolute Gasteiger partial charge is 0.178 e. The standard InChI is InChI=1S/C10H13N3S/c1-7-2-3-9-8(6-7)12-10(14)13(9)5-4-11/h2-3,6H,4-5,11H2,1H3,(H,12,14). The lowest BCUT2D eigenvalue weighted by atomic mass is 10.2. The van der Waals surface area contributed by atoms with Crippen molar-refractivity contribution < 1.29 is 0 Å². The van der Waals surface area contributed by atoms with Crippen molar-refractivity contribution in [2.45, 2.75) is 13.5 Å². The first-order valence-electron chi connectivity index (χ1n) is 4.61. The molecule has 4 heteroatoms. The maximum absolute atomic E-state index is 5.53. The molecule has 0 fully saturated rings. The minimum Gasteiger partial charge on any atom is -0.331 e. The number of aromatic nitrogens is 2. The Morgan fingerprint density at radius 1 is 1.50 bits per heavy atom. The molecule has 0 aliphatic rings. The van der Waals surface area contributed by atoms with E-state index in [2.05, 4.69) is 30.1 Å². The zero-order valence-corrected chi connectivity index (χ0v) is 8.90. The van der Waals surface area contributed by atoms with Gasteiger partial charge in [-0.05, 0) is 36.8 Å². The molecule has 0 saturated carbocycles. The number of nitrogens with two attached hydrogens (primary N) is 1. The Morgan fingerprint density at radius 3 is 3.00 bits per heavy atom. The number of hydrogen-bond donors (Lipinski definition) is 2. The normalized spacial score (nSPS) is 11.0. The lowest BCUT2D eigenvalue weighted by molar-refractivity contribution is 0.718. The molecule has 0 atom stereocenters. The SMILES string of the molecule is Cc1ccc2c(c1)[nH]c(=S)n2CCN. The molecule has 1 aromatic carbocycles. The van der Waals surface area contributed by atoms with Crippen LogP contribution in [0.25, 0.3) is 11.0 Å². The molecule has 14 heavy (non-hydrogen) atoms. The number of nitrogens with one attached hydrogen (secondary N) is 1. The first-order chi connectivity index (χ1) is 6.72.